The van der Waals surface area contributed by atoms with Gasteiger partial charge < -0.3 is 15.7 Å². The number of anilines is 1. The molecule has 0 saturated carbocycles. The monoisotopic (exact) mass is 438 g/mol. The summed E-state index contributed by atoms with van der Waals surface area (Å²) in [6.45, 7) is 8.06. The first-order chi connectivity index (χ1) is 15.5. The van der Waals surface area contributed by atoms with E-state index in [1.807, 2.05) is 11.8 Å². The molecule has 1 amide bonds. The number of aryl methyl sites for hydroxylation is 2. The predicted octanol–water partition coefficient (Wildman–Crippen LogP) is 2.95. The predicted molar refractivity (Wildman–Crippen MR) is 127 cm³/mol. The maximum absolute atomic E-state index is 12.6. The molecule has 3 N–H and O–H groups in total. The van der Waals surface area contributed by atoms with Gasteiger partial charge in [0.15, 0.2) is 0 Å². The summed E-state index contributed by atoms with van der Waals surface area (Å²) in [6.07, 6.45) is 11.4. The van der Waals surface area contributed by atoms with Crippen LogP contribution >= 0.6 is 0 Å². The van der Waals surface area contributed by atoms with Gasteiger partial charge in [-0.15, -0.1) is 0 Å². The van der Waals surface area contributed by atoms with Gasteiger partial charge in [-0.2, -0.15) is 0 Å². The molecule has 3 heterocycles. The average Bonchev–Trinajstić information content (AvgIpc) is 3.28. The first-order valence-electron chi connectivity index (χ1n) is 11.5. The van der Waals surface area contributed by atoms with Crippen molar-refractivity contribution in [2.75, 3.05) is 31.5 Å². The highest BCUT2D eigenvalue weighted by atomic mass is 16.4. The van der Waals surface area contributed by atoms with Crippen molar-refractivity contribution in [3.05, 3.63) is 59.8 Å². The molecule has 7 heteroatoms. The van der Waals surface area contributed by atoms with Gasteiger partial charge in [0.1, 0.15) is 11.9 Å². The number of nitrogens with zero attached hydrogens (tertiary/aromatic N) is 2. The Hall–Kier alpha value is -2.93. The number of carboxylic acid groups (broad SMARTS) is 1. The number of hydrogen-bond acceptors (Lipinski definition) is 5. The zero-order valence-corrected chi connectivity index (χ0v) is 18.8. The number of fused-ring (bicyclic) bond motifs is 1. The van der Waals surface area contributed by atoms with Crippen LogP contribution in [0.5, 0.6) is 0 Å². The number of amides is 1. The van der Waals surface area contributed by atoms with E-state index in [-0.39, 0.29) is 11.8 Å². The Balaban J connectivity index is 1.46. The Morgan fingerprint density at radius 1 is 1.44 bits per heavy atom. The van der Waals surface area contributed by atoms with Crippen molar-refractivity contribution in [1.82, 2.24) is 15.2 Å². The molecule has 2 aliphatic heterocycles. The van der Waals surface area contributed by atoms with Crippen LogP contribution in [-0.2, 0) is 22.4 Å². The first kappa shape index (κ1) is 23.7. The zero-order chi connectivity index (χ0) is 22.9. The average molecular weight is 439 g/mol. The van der Waals surface area contributed by atoms with Crippen LogP contribution in [0.25, 0.3) is 0 Å². The van der Waals surface area contributed by atoms with E-state index in [0.29, 0.717) is 31.6 Å². The molecule has 0 radical (unpaired) electrons. The van der Waals surface area contributed by atoms with Crippen LogP contribution in [0.3, 0.4) is 0 Å². The SMILES string of the molecule is C=C/C=C\C(=C/C)C(C(=O)O)N1CC[C@@H](C(=O)NCCCc2ccc3c(n2)NCCC3)C1. The molecule has 2 atom stereocenters. The summed E-state index contributed by atoms with van der Waals surface area (Å²) in [5.41, 5.74) is 3.01. The van der Waals surface area contributed by atoms with Crippen LogP contribution in [0, 0.1) is 5.92 Å². The van der Waals surface area contributed by atoms with Crippen molar-refractivity contribution in [3.63, 3.8) is 0 Å². The van der Waals surface area contributed by atoms with Gasteiger partial charge >= 0.3 is 5.97 Å². The number of allylic oxidation sites excluding steroid dienone is 3. The number of likely N-dealkylation sites (tertiary alicyclic amines) is 1. The van der Waals surface area contributed by atoms with Crippen molar-refractivity contribution in [2.45, 2.75) is 45.1 Å². The number of hydrogen-bond donors (Lipinski definition) is 3. The number of nitrogens with one attached hydrogen (secondary N) is 2. The lowest BCUT2D eigenvalue weighted by atomic mass is 10.0. The Labute approximate surface area is 190 Å². The van der Waals surface area contributed by atoms with E-state index in [0.717, 1.165) is 43.7 Å². The smallest absolute Gasteiger partial charge is 0.325 e. The third-order valence-corrected chi connectivity index (χ3v) is 6.12. The summed E-state index contributed by atoms with van der Waals surface area (Å²) in [4.78, 5) is 31.1. The summed E-state index contributed by atoms with van der Waals surface area (Å²) in [5, 5.41) is 16.1. The summed E-state index contributed by atoms with van der Waals surface area (Å²) >= 11 is 0. The molecular weight excluding hydrogens is 404 g/mol. The second-order valence-corrected chi connectivity index (χ2v) is 8.34. The second kappa shape index (κ2) is 11.6. The number of pyridine rings is 1. The van der Waals surface area contributed by atoms with Gasteiger partial charge in [0.05, 0.1) is 5.92 Å². The highest BCUT2D eigenvalue weighted by molar-refractivity contribution is 5.81. The van der Waals surface area contributed by atoms with Crippen LogP contribution in [0.1, 0.15) is 37.4 Å². The molecule has 0 spiro atoms. The molecule has 3 rings (SSSR count). The molecule has 1 saturated heterocycles. The third kappa shape index (κ3) is 6.07. The van der Waals surface area contributed by atoms with Crippen molar-refractivity contribution in [3.8, 4) is 0 Å². The maximum atomic E-state index is 12.6. The summed E-state index contributed by atoms with van der Waals surface area (Å²) in [7, 11) is 0. The molecule has 1 unspecified atom stereocenters. The van der Waals surface area contributed by atoms with Crippen LogP contribution in [0.2, 0.25) is 0 Å². The van der Waals surface area contributed by atoms with Crippen molar-refractivity contribution in [2.24, 2.45) is 5.92 Å². The van der Waals surface area contributed by atoms with E-state index in [4.69, 9.17) is 4.98 Å². The van der Waals surface area contributed by atoms with E-state index < -0.39 is 12.0 Å². The molecule has 1 aromatic rings. The lowest BCUT2D eigenvalue weighted by Gasteiger charge is -2.25. The fourth-order valence-electron chi connectivity index (χ4n) is 4.40. The topological polar surface area (TPSA) is 94.6 Å². The largest absolute Gasteiger partial charge is 0.480 e. The minimum absolute atomic E-state index is 0.000340. The normalized spacial score (nSPS) is 19.9. The van der Waals surface area contributed by atoms with E-state index >= 15 is 0 Å². The Morgan fingerprint density at radius 2 is 2.28 bits per heavy atom. The summed E-state index contributed by atoms with van der Waals surface area (Å²) in [6, 6.07) is 3.48. The maximum Gasteiger partial charge on any atom is 0.325 e. The highest BCUT2D eigenvalue weighted by Gasteiger charge is 2.36. The van der Waals surface area contributed by atoms with E-state index in [9.17, 15) is 14.7 Å². The van der Waals surface area contributed by atoms with Crippen molar-refractivity contribution < 1.29 is 14.7 Å². The van der Waals surface area contributed by atoms with Gasteiger partial charge in [0.25, 0.3) is 0 Å². The standard InChI is InChI=1S/C25H34N4O3/c1-3-5-8-18(4-2)22(25(31)32)29-16-13-20(17-29)24(30)27-15-7-10-21-12-11-19-9-6-14-26-23(19)28-21/h3-5,8,11-12,20,22H,1,6-7,9-10,13-17H2,2H3,(H,26,28)(H,27,30)(H,31,32)/b8-5-,18-4+/t20-,22?/m1/s1. The van der Waals surface area contributed by atoms with Gasteiger partial charge in [-0.1, -0.05) is 36.9 Å². The molecule has 1 fully saturated rings. The molecule has 0 aliphatic carbocycles. The van der Waals surface area contributed by atoms with Gasteiger partial charge in [-0.05, 0) is 56.2 Å². The number of carboxylic acids is 1. The summed E-state index contributed by atoms with van der Waals surface area (Å²) in [5.74, 6) is -0.0927. The van der Waals surface area contributed by atoms with Crippen LogP contribution in [0.4, 0.5) is 5.82 Å². The van der Waals surface area contributed by atoms with Gasteiger partial charge in [-0.3, -0.25) is 14.5 Å². The lowest BCUT2D eigenvalue weighted by Crippen LogP contribution is -2.42. The minimum Gasteiger partial charge on any atom is -0.480 e. The van der Waals surface area contributed by atoms with Gasteiger partial charge in [0, 0.05) is 31.9 Å². The molecule has 172 valence electrons. The Kier molecular flexibility index (Phi) is 8.62. The molecule has 0 bridgehead atoms. The van der Waals surface area contributed by atoms with Crippen LogP contribution in [0.15, 0.2) is 48.6 Å². The molecule has 1 aromatic heterocycles. The van der Waals surface area contributed by atoms with Crippen LogP contribution < -0.4 is 10.6 Å². The van der Waals surface area contributed by atoms with Crippen molar-refractivity contribution >= 4 is 17.7 Å². The minimum atomic E-state index is -0.903. The number of aliphatic carboxylic acids is 1. The van der Waals surface area contributed by atoms with Gasteiger partial charge in [0.2, 0.25) is 5.91 Å². The van der Waals surface area contributed by atoms with E-state index in [2.05, 4.69) is 29.3 Å². The van der Waals surface area contributed by atoms with Crippen LogP contribution in [-0.4, -0.2) is 59.1 Å². The third-order valence-electron chi connectivity index (χ3n) is 6.12. The number of aromatic nitrogens is 1. The number of carbonyl (C=O) groups is 2. The number of carbonyl (C=O) groups excluding carboxylic acids is 1. The Bertz CT molecular complexity index is 893. The molecular formula is C25H34N4O3. The fraction of sp³-hybridized carbons (Fsp3) is 0.480. The fourth-order valence-corrected chi connectivity index (χ4v) is 4.40. The molecule has 2 aliphatic rings. The quantitative estimate of drug-likeness (QED) is 0.384. The van der Waals surface area contributed by atoms with E-state index in [1.165, 1.54) is 5.56 Å². The molecule has 32 heavy (non-hydrogen) atoms. The van der Waals surface area contributed by atoms with E-state index in [1.54, 1.807) is 24.3 Å². The summed E-state index contributed by atoms with van der Waals surface area (Å²) < 4.78 is 0. The van der Waals surface area contributed by atoms with Crippen molar-refractivity contribution in [1.29, 1.82) is 0 Å². The number of rotatable bonds is 10. The molecule has 7 nitrogen and oxygen atoms in total. The Morgan fingerprint density at radius 3 is 3.03 bits per heavy atom. The van der Waals surface area contributed by atoms with Gasteiger partial charge in [-0.25, -0.2) is 4.98 Å². The second-order valence-electron chi connectivity index (χ2n) is 8.34. The highest BCUT2D eigenvalue weighted by Crippen LogP contribution is 2.24. The zero-order valence-electron chi connectivity index (χ0n) is 18.8. The first-order valence-corrected chi connectivity index (χ1v) is 11.5. The lowest BCUT2D eigenvalue weighted by molar-refractivity contribution is -0.141. The molecule has 0 aromatic carbocycles.